The molecule has 0 aliphatic carbocycles. The lowest BCUT2D eigenvalue weighted by atomic mass is 9.98. The first kappa shape index (κ1) is 64.5. The van der Waals surface area contributed by atoms with Crippen molar-refractivity contribution < 1.29 is 58.2 Å². The minimum Gasteiger partial charge on any atom is -0.479 e. The number of rotatable bonds is 49. The molecule has 1 aliphatic rings. The summed E-state index contributed by atoms with van der Waals surface area (Å²) in [7, 11) is 0. The molecule has 0 bridgehead atoms. The van der Waals surface area contributed by atoms with Crippen LogP contribution in [0.4, 0.5) is 0 Å². The largest absolute Gasteiger partial charge is 0.479 e. The second-order valence-electron chi connectivity index (χ2n) is 19.9. The van der Waals surface area contributed by atoms with E-state index in [0.29, 0.717) is 19.3 Å². The van der Waals surface area contributed by atoms with E-state index in [9.17, 15) is 34.5 Å². The molecule has 3 N–H and O–H groups in total. The predicted molar refractivity (Wildman–Crippen MR) is 276 cm³/mol. The molecule has 0 saturated carbocycles. The molecule has 404 valence electrons. The fourth-order valence-corrected chi connectivity index (χ4v) is 8.89. The molecule has 0 aromatic heterocycles. The Morgan fingerprint density at radius 2 is 0.826 bits per heavy atom. The third-order valence-electron chi connectivity index (χ3n) is 13.3. The first-order valence-corrected chi connectivity index (χ1v) is 28.7. The normalized spacial score (nSPS) is 18.7. The summed E-state index contributed by atoms with van der Waals surface area (Å²) in [5.41, 5.74) is 0. The number of hydrogen-bond acceptors (Lipinski definition) is 11. The smallest absolute Gasteiger partial charge is 0.335 e. The van der Waals surface area contributed by atoms with Gasteiger partial charge in [-0.2, -0.15) is 0 Å². The lowest BCUT2D eigenvalue weighted by molar-refractivity contribution is -0.301. The van der Waals surface area contributed by atoms with Crippen molar-refractivity contribution in [2.24, 2.45) is 0 Å². The van der Waals surface area contributed by atoms with E-state index < -0.39 is 67.3 Å². The summed E-state index contributed by atoms with van der Waals surface area (Å²) in [5.74, 6) is -3.09. The average Bonchev–Trinajstić information content (AvgIpc) is 3.33. The quantitative estimate of drug-likeness (QED) is 0.0228. The highest BCUT2D eigenvalue weighted by molar-refractivity contribution is 5.74. The Kier molecular flexibility index (Phi) is 43.5. The molecule has 0 spiro atoms. The van der Waals surface area contributed by atoms with Gasteiger partial charge in [-0.25, -0.2) is 4.79 Å². The molecule has 1 rings (SSSR count). The number of aliphatic carboxylic acids is 1. The molecule has 1 fully saturated rings. The van der Waals surface area contributed by atoms with E-state index in [-0.39, 0.29) is 25.9 Å². The van der Waals surface area contributed by atoms with Gasteiger partial charge in [0.2, 0.25) is 0 Å². The van der Waals surface area contributed by atoms with Gasteiger partial charge >= 0.3 is 23.9 Å². The number of carbonyl (C=O) groups excluding carboxylic acids is 3. The maximum atomic E-state index is 13.1. The fraction of sp³-hybridized carbons (Fsp3) is 0.895. The lowest BCUT2D eigenvalue weighted by Gasteiger charge is -2.40. The summed E-state index contributed by atoms with van der Waals surface area (Å²) < 4.78 is 28.3. The van der Waals surface area contributed by atoms with Crippen molar-refractivity contribution >= 4 is 23.9 Å². The van der Waals surface area contributed by atoms with E-state index in [1.165, 1.54) is 154 Å². The number of carboxylic acid groups (broad SMARTS) is 1. The Hall–Kier alpha value is -2.54. The van der Waals surface area contributed by atoms with Crippen LogP contribution in [-0.4, -0.2) is 89.2 Å². The van der Waals surface area contributed by atoms with Crippen molar-refractivity contribution in [3.05, 3.63) is 12.2 Å². The molecule has 12 heteroatoms. The molecule has 0 aromatic carbocycles. The summed E-state index contributed by atoms with van der Waals surface area (Å²) >= 11 is 0. The maximum absolute atomic E-state index is 13.1. The number of unbranched alkanes of at least 4 members (excludes halogenated alkanes) is 33. The van der Waals surface area contributed by atoms with Gasteiger partial charge in [0.05, 0.1) is 6.61 Å². The number of carbonyl (C=O) groups is 4. The van der Waals surface area contributed by atoms with Crippen LogP contribution in [-0.2, 0) is 42.9 Å². The zero-order chi connectivity index (χ0) is 50.4. The van der Waals surface area contributed by atoms with E-state index in [4.69, 9.17) is 23.7 Å². The van der Waals surface area contributed by atoms with Crippen LogP contribution in [0.2, 0.25) is 0 Å². The average molecular weight is 981 g/mol. The van der Waals surface area contributed by atoms with Crippen LogP contribution < -0.4 is 0 Å². The topological polar surface area (TPSA) is 175 Å². The predicted octanol–water partition coefficient (Wildman–Crippen LogP) is 14.1. The molecule has 69 heavy (non-hydrogen) atoms. The number of allylic oxidation sites excluding steroid dienone is 2. The van der Waals surface area contributed by atoms with Gasteiger partial charge in [0.1, 0.15) is 18.8 Å². The van der Waals surface area contributed by atoms with Gasteiger partial charge in [0.25, 0.3) is 0 Å². The molecule has 1 aliphatic heterocycles. The molecule has 6 unspecified atom stereocenters. The second kappa shape index (κ2) is 46.5. The molecule has 12 nitrogen and oxygen atoms in total. The van der Waals surface area contributed by atoms with Crippen molar-refractivity contribution in [2.75, 3.05) is 13.2 Å². The zero-order valence-electron chi connectivity index (χ0n) is 44.3. The molecule has 6 atom stereocenters. The number of ether oxygens (including phenoxy) is 5. The first-order chi connectivity index (χ1) is 33.6. The fourth-order valence-electron chi connectivity index (χ4n) is 8.89. The molecule has 1 saturated heterocycles. The lowest BCUT2D eigenvalue weighted by Crippen LogP contribution is -2.61. The van der Waals surface area contributed by atoms with Crippen LogP contribution >= 0.6 is 0 Å². The molecular weight excluding hydrogens is 877 g/mol. The van der Waals surface area contributed by atoms with Crippen molar-refractivity contribution in [3.8, 4) is 0 Å². The van der Waals surface area contributed by atoms with Crippen LogP contribution in [0.25, 0.3) is 0 Å². The molecular formula is C57H104O12. The Morgan fingerprint density at radius 3 is 1.23 bits per heavy atom. The number of carboxylic acids is 1. The summed E-state index contributed by atoms with van der Waals surface area (Å²) in [4.78, 5) is 50.8. The third-order valence-corrected chi connectivity index (χ3v) is 13.3. The number of esters is 3. The second-order valence-corrected chi connectivity index (χ2v) is 19.9. The monoisotopic (exact) mass is 981 g/mol. The number of aliphatic hydroxyl groups is 2. The molecule has 0 radical (unpaired) electrons. The Labute approximate surface area is 420 Å². The Bertz CT molecular complexity index is 1260. The van der Waals surface area contributed by atoms with Crippen molar-refractivity contribution in [1.29, 1.82) is 0 Å². The third kappa shape index (κ3) is 37.0. The summed E-state index contributed by atoms with van der Waals surface area (Å²) in [6.45, 7) is 5.96. The zero-order valence-corrected chi connectivity index (χ0v) is 44.3. The minimum absolute atomic E-state index is 0.0666. The van der Waals surface area contributed by atoms with Gasteiger partial charge < -0.3 is 39.0 Å². The Balaban J connectivity index is 2.63. The summed E-state index contributed by atoms with van der Waals surface area (Å²) in [5, 5.41) is 31.3. The number of aliphatic hydroxyl groups excluding tert-OH is 2. The van der Waals surface area contributed by atoms with Gasteiger partial charge in [-0.15, -0.1) is 0 Å². The minimum atomic E-state index is -1.89. The SMILES string of the molecule is CCCCCCCC/C=C\CCCCCCCCCCCC(=O)OCC(COC1OC(C(=O)O)C(O)C(O)C1OC(=O)CCCCCCCCCCC)OC(=O)CCCCCCCCCCCCC. The molecule has 0 amide bonds. The van der Waals surface area contributed by atoms with Gasteiger partial charge in [-0.05, 0) is 44.9 Å². The maximum Gasteiger partial charge on any atom is 0.335 e. The van der Waals surface area contributed by atoms with Crippen LogP contribution in [0.15, 0.2) is 12.2 Å². The van der Waals surface area contributed by atoms with Gasteiger partial charge in [0, 0.05) is 19.3 Å². The van der Waals surface area contributed by atoms with E-state index in [0.717, 1.165) is 64.2 Å². The van der Waals surface area contributed by atoms with E-state index in [1.807, 2.05) is 0 Å². The van der Waals surface area contributed by atoms with Crippen LogP contribution in [0, 0.1) is 0 Å². The van der Waals surface area contributed by atoms with Gasteiger partial charge in [-0.3, -0.25) is 14.4 Å². The number of hydrogen-bond donors (Lipinski definition) is 3. The highest BCUT2D eigenvalue weighted by Crippen LogP contribution is 2.26. The van der Waals surface area contributed by atoms with E-state index >= 15 is 0 Å². The van der Waals surface area contributed by atoms with Crippen molar-refractivity contribution in [2.45, 2.75) is 314 Å². The van der Waals surface area contributed by atoms with E-state index in [2.05, 4.69) is 32.9 Å². The molecule has 1 heterocycles. The summed E-state index contributed by atoms with van der Waals surface area (Å²) in [6, 6.07) is 0. The first-order valence-electron chi connectivity index (χ1n) is 28.7. The highest BCUT2D eigenvalue weighted by atomic mass is 16.7. The van der Waals surface area contributed by atoms with Crippen molar-refractivity contribution in [1.82, 2.24) is 0 Å². The highest BCUT2D eigenvalue weighted by Gasteiger charge is 2.50. The van der Waals surface area contributed by atoms with Crippen LogP contribution in [0.5, 0.6) is 0 Å². The van der Waals surface area contributed by atoms with Crippen molar-refractivity contribution in [3.63, 3.8) is 0 Å². The van der Waals surface area contributed by atoms with Crippen LogP contribution in [0.1, 0.15) is 278 Å². The molecule has 0 aromatic rings. The Morgan fingerprint density at radius 1 is 0.464 bits per heavy atom. The summed E-state index contributed by atoms with van der Waals surface area (Å²) in [6.07, 6.45) is 37.8. The van der Waals surface area contributed by atoms with Gasteiger partial charge in [0.15, 0.2) is 24.6 Å². The standard InChI is InChI=1S/C57H104O12/c1-4-7-10-13-16-19-21-22-23-24-25-26-27-28-30-32-34-37-40-43-49(58)65-46-48(67-50(59)44-41-38-36-33-29-20-17-14-11-8-5-2)47-66-57-55(53(62)52(61)54(69-57)56(63)64)68-51(60)45-42-39-35-31-18-15-12-9-6-3/h22-23,48,52-55,57,61-62H,4-21,24-47H2,1-3H3,(H,63,64)/b23-22-. The van der Waals surface area contributed by atoms with E-state index in [1.54, 1.807) is 0 Å². The van der Waals surface area contributed by atoms with Gasteiger partial charge in [-0.1, -0.05) is 226 Å². The van der Waals surface area contributed by atoms with Crippen LogP contribution in [0.3, 0.4) is 0 Å².